The normalized spacial score (nSPS) is 16.1. The Bertz CT molecular complexity index is 587. The van der Waals surface area contributed by atoms with Crippen molar-refractivity contribution in [2.24, 2.45) is 0 Å². The molecule has 3 amide bonds. The van der Waals surface area contributed by atoms with Crippen LogP contribution in [0, 0.1) is 0 Å². The molecule has 0 aromatic heterocycles. The summed E-state index contributed by atoms with van der Waals surface area (Å²) in [6.45, 7) is 8.28. The Hall–Kier alpha value is -2.12. The van der Waals surface area contributed by atoms with Crippen molar-refractivity contribution in [2.75, 3.05) is 51.8 Å². The van der Waals surface area contributed by atoms with E-state index in [2.05, 4.69) is 15.5 Å². The number of carbonyl (C=O) groups excluding carboxylic acids is 2. The van der Waals surface area contributed by atoms with Crippen molar-refractivity contribution >= 4 is 17.6 Å². The molecule has 1 atom stereocenters. The zero-order valence-electron chi connectivity index (χ0n) is 15.2. The van der Waals surface area contributed by atoms with Crippen LogP contribution in [0.15, 0.2) is 24.3 Å². The summed E-state index contributed by atoms with van der Waals surface area (Å²) in [5.41, 5.74) is 1.67. The van der Waals surface area contributed by atoms with Crippen LogP contribution in [0.1, 0.15) is 25.5 Å². The van der Waals surface area contributed by atoms with Gasteiger partial charge in [-0.25, -0.2) is 4.79 Å². The van der Waals surface area contributed by atoms with Gasteiger partial charge in [-0.1, -0.05) is 12.1 Å². The molecular formula is C18H28N4O3. The summed E-state index contributed by atoms with van der Waals surface area (Å²) in [5, 5.41) is 5.75. The van der Waals surface area contributed by atoms with Crippen LogP contribution in [0.4, 0.5) is 10.5 Å². The number of hydrogen-bond acceptors (Lipinski definition) is 4. The van der Waals surface area contributed by atoms with E-state index in [9.17, 15) is 9.59 Å². The van der Waals surface area contributed by atoms with Crippen molar-refractivity contribution in [3.63, 3.8) is 0 Å². The van der Waals surface area contributed by atoms with Crippen molar-refractivity contribution in [3.05, 3.63) is 29.8 Å². The van der Waals surface area contributed by atoms with E-state index in [0.29, 0.717) is 6.54 Å². The Labute approximate surface area is 149 Å². The van der Waals surface area contributed by atoms with Crippen LogP contribution in [0.2, 0.25) is 0 Å². The second kappa shape index (κ2) is 9.39. The molecule has 0 aliphatic carbocycles. The molecule has 7 nitrogen and oxygen atoms in total. The minimum absolute atomic E-state index is 0.106. The van der Waals surface area contributed by atoms with Gasteiger partial charge in [0.15, 0.2) is 0 Å². The van der Waals surface area contributed by atoms with Crippen LogP contribution < -0.4 is 10.6 Å². The summed E-state index contributed by atoms with van der Waals surface area (Å²) in [4.78, 5) is 27.5. The van der Waals surface area contributed by atoms with Crippen molar-refractivity contribution in [1.82, 2.24) is 15.1 Å². The van der Waals surface area contributed by atoms with Gasteiger partial charge in [-0.2, -0.15) is 0 Å². The van der Waals surface area contributed by atoms with Crippen LogP contribution in [-0.2, 0) is 9.53 Å². The molecule has 1 aliphatic heterocycles. The maximum absolute atomic E-state index is 12.4. The highest BCUT2D eigenvalue weighted by Gasteiger charge is 2.16. The number of ether oxygens (including phenoxy) is 1. The molecule has 1 heterocycles. The molecule has 0 bridgehead atoms. The van der Waals surface area contributed by atoms with Crippen LogP contribution in [0.3, 0.4) is 0 Å². The highest BCUT2D eigenvalue weighted by molar-refractivity contribution is 5.88. The summed E-state index contributed by atoms with van der Waals surface area (Å²) in [6.07, 6.45) is 0. The van der Waals surface area contributed by atoms with Gasteiger partial charge in [-0.05, 0) is 24.6 Å². The molecule has 0 spiro atoms. The molecule has 2 rings (SSSR count). The SMILES string of the molecule is CC(=O)Nc1cccc(C(C)NC(=O)N(C)CCN2CCOCC2)c1. The van der Waals surface area contributed by atoms with Crippen molar-refractivity contribution < 1.29 is 14.3 Å². The Kier molecular flexibility index (Phi) is 7.21. The molecule has 1 unspecified atom stereocenters. The number of likely N-dealkylation sites (N-methyl/N-ethyl adjacent to an activating group) is 1. The molecular weight excluding hydrogens is 320 g/mol. The Morgan fingerprint density at radius 1 is 1.32 bits per heavy atom. The number of nitrogens with zero attached hydrogens (tertiary/aromatic N) is 2. The first-order valence-electron chi connectivity index (χ1n) is 8.65. The lowest BCUT2D eigenvalue weighted by Crippen LogP contribution is -2.45. The second-order valence-electron chi connectivity index (χ2n) is 6.35. The molecule has 7 heteroatoms. The van der Waals surface area contributed by atoms with Gasteiger partial charge in [0, 0.05) is 45.8 Å². The average molecular weight is 348 g/mol. The average Bonchev–Trinajstić information content (AvgIpc) is 2.60. The topological polar surface area (TPSA) is 73.9 Å². The standard InChI is InChI=1S/C18H28N4O3/c1-14(16-5-4-6-17(13-16)20-15(2)23)19-18(24)21(3)7-8-22-9-11-25-12-10-22/h4-6,13-14H,7-12H2,1-3H3,(H,19,24)(H,20,23). The van der Waals surface area contributed by atoms with E-state index in [0.717, 1.165) is 44.1 Å². The summed E-state index contributed by atoms with van der Waals surface area (Å²) in [6, 6.07) is 7.25. The summed E-state index contributed by atoms with van der Waals surface area (Å²) in [5.74, 6) is -0.114. The first kappa shape index (κ1) is 19.2. The number of hydrogen-bond donors (Lipinski definition) is 2. The summed E-state index contributed by atoms with van der Waals surface area (Å²) in [7, 11) is 1.80. The van der Waals surface area contributed by atoms with Gasteiger partial charge in [-0.15, -0.1) is 0 Å². The van der Waals surface area contributed by atoms with Crippen molar-refractivity contribution in [2.45, 2.75) is 19.9 Å². The van der Waals surface area contributed by atoms with E-state index >= 15 is 0 Å². The van der Waals surface area contributed by atoms with Gasteiger partial charge in [-0.3, -0.25) is 9.69 Å². The third-order valence-electron chi connectivity index (χ3n) is 4.25. The minimum Gasteiger partial charge on any atom is -0.379 e. The number of morpholine rings is 1. The van der Waals surface area contributed by atoms with Crippen molar-refractivity contribution in [3.8, 4) is 0 Å². The number of nitrogens with one attached hydrogen (secondary N) is 2. The monoisotopic (exact) mass is 348 g/mol. The predicted molar refractivity (Wildman–Crippen MR) is 97.6 cm³/mol. The summed E-state index contributed by atoms with van der Waals surface area (Å²) < 4.78 is 5.33. The second-order valence-corrected chi connectivity index (χ2v) is 6.35. The fraction of sp³-hybridized carbons (Fsp3) is 0.556. The number of urea groups is 1. The zero-order chi connectivity index (χ0) is 18.2. The molecule has 1 fully saturated rings. The quantitative estimate of drug-likeness (QED) is 0.820. The fourth-order valence-electron chi connectivity index (χ4n) is 2.69. The number of rotatable bonds is 6. The first-order valence-corrected chi connectivity index (χ1v) is 8.65. The number of carbonyl (C=O) groups is 2. The van der Waals surface area contributed by atoms with E-state index < -0.39 is 0 Å². The van der Waals surface area contributed by atoms with E-state index in [4.69, 9.17) is 4.74 Å². The maximum atomic E-state index is 12.4. The predicted octanol–water partition coefficient (Wildman–Crippen LogP) is 1.68. The van der Waals surface area contributed by atoms with Crippen molar-refractivity contribution in [1.29, 1.82) is 0 Å². The van der Waals surface area contributed by atoms with Crippen LogP contribution in [-0.4, -0.2) is 68.2 Å². The lowest BCUT2D eigenvalue weighted by atomic mass is 10.1. The third-order valence-corrected chi connectivity index (χ3v) is 4.25. The minimum atomic E-state index is -0.146. The molecule has 1 aromatic carbocycles. The van der Waals surface area contributed by atoms with Crippen LogP contribution in [0.5, 0.6) is 0 Å². The van der Waals surface area contributed by atoms with E-state index in [1.165, 1.54) is 6.92 Å². The number of anilines is 1. The molecule has 0 radical (unpaired) electrons. The van der Waals surface area contributed by atoms with E-state index in [-0.39, 0.29) is 18.0 Å². The molecule has 0 saturated carbocycles. The van der Waals surface area contributed by atoms with Gasteiger partial charge < -0.3 is 20.3 Å². The van der Waals surface area contributed by atoms with Crippen LogP contribution in [0.25, 0.3) is 0 Å². The maximum Gasteiger partial charge on any atom is 0.317 e. The molecule has 1 saturated heterocycles. The van der Waals surface area contributed by atoms with Crippen LogP contribution >= 0.6 is 0 Å². The van der Waals surface area contributed by atoms with Gasteiger partial charge in [0.1, 0.15) is 0 Å². The van der Waals surface area contributed by atoms with Gasteiger partial charge in [0.2, 0.25) is 5.91 Å². The lowest BCUT2D eigenvalue weighted by molar-refractivity contribution is -0.114. The van der Waals surface area contributed by atoms with E-state index in [1.807, 2.05) is 31.2 Å². The molecule has 1 aliphatic rings. The molecule has 2 N–H and O–H groups in total. The Morgan fingerprint density at radius 2 is 2.04 bits per heavy atom. The molecule has 138 valence electrons. The van der Waals surface area contributed by atoms with Gasteiger partial charge >= 0.3 is 6.03 Å². The third kappa shape index (κ3) is 6.36. The first-order chi connectivity index (χ1) is 12.0. The molecule has 1 aromatic rings. The van der Waals surface area contributed by atoms with Gasteiger partial charge in [0.25, 0.3) is 0 Å². The van der Waals surface area contributed by atoms with E-state index in [1.54, 1.807) is 11.9 Å². The largest absolute Gasteiger partial charge is 0.379 e. The molecule has 25 heavy (non-hydrogen) atoms. The number of benzene rings is 1. The highest BCUT2D eigenvalue weighted by atomic mass is 16.5. The highest BCUT2D eigenvalue weighted by Crippen LogP contribution is 2.17. The Morgan fingerprint density at radius 3 is 2.72 bits per heavy atom. The smallest absolute Gasteiger partial charge is 0.317 e. The van der Waals surface area contributed by atoms with Gasteiger partial charge in [0.05, 0.1) is 19.3 Å². The number of amides is 3. The zero-order valence-corrected chi connectivity index (χ0v) is 15.2. The Balaban J connectivity index is 1.82. The fourth-order valence-corrected chi connectivity index (χ4v) is 2.69. The summed E-state index contributed by atoms with van der Waals surface area (Å²) >= 11 is 0. The lowest BCUT2D eigenvalue weighted by Gasteiger charge is -2.29.